The molecule has 1 aromatic rings. The van der Waals surface area contributed by atoms with Gasteiger partial charge in [0.15, 0.2) is 0 Å². The second kappa shape index (κ2) is 5.65. The van der Waals surface area contributed by atoms with E-state index in [0.717, 1.165) is 36.6 Å². The van der Waals surface area contributed by atoms with Crippen LogP contribution in [0.15, 0.2) is 0 Å². The number of carboxylic acids is 1. The van der Waals surface area contributed by atoms with Crippen LogP contribution < -0.4 is 5.32 Å². The predicted molar refractivity (Wildman–Crippen MR) is 71.0 cm³/mol. The molecule has 2 N–H and O–H groups in total. The lowest BCUT2D eigenvalue weighted by Gasteiger charge is -2.26. The average molecular weight is 269 g/mol. The minimum Gasteiger partial charge on any atom is -0.481 e. The van der Waals surface area contributed by atoms with E-state index in [4.69, 9.17) is 5.11 Å². The summed E-state index contributed by atoms with van der Waals surface area (Å²) < 4.78 is 4.30. The summed E-state index contributed by atoms with van der Waals surface area (Å²) in [5.74, 6) is 0.399. The predicted octanol–water partition coefficient (Wildman–Crippen LogP) is 2.72. The van der Waals surface area contributed by atoms with E-state index in [-0.39, 0.29) is 5.92 Å². The number of aliphatic carboxylic acids is 1. The van der Waals surface area contributed by atoms with Crippen molar-refractivity contribution in [2.45, 2.75) is 51.5 Å². The SMILES string of the molecule is CC(C)c1nsc(NC2CCC(C(=O)O)CC2)n1. The van der Waals surface area contributed by atoms with E-state index >= 15 is 0 Å². The summed E-state index contributed by atoms with van der Waals surface area (Å²) in [5.41, 5.74) is 0. The fourth-order valence-electron chi connectivity index (χ4n) is 2.19. The molecule has 2 rings (SSSR count). The van der Waals surface area contributed by atoms with Gasteiger partial charge in [-0.25, -0.2) is 4.98 Å². The maximum atomic E-state index is 10.9. The van der Waals surface area contributed by atoms with Gasteiger partial charge in [-0.2, -0.15) is 4.37 Å². The summed E-state index contributed by atoms with van der Waals surface area (Å²) in [6.45, 7) is 4.15. The molecule has 1 saturated carbocycles. The first-order valence-corrected chi connectivity index (χ1v) is 7.16. The van der Waals surface area contributed by atoms with Crippen molar-refractivity contribution in [1.82, 2.24) is 9.36 Å². The van der Waals surface area contributed by atoms with Gasteiger partial charge >= 0.3 is 5.97 Å². The first kappa shape index (κ1) is 13.3. The van der Waals surface area contributed by atoms with E-state index in [9.17, 15) is 4.79 Å². The number of hydrogen-bond donors (Lipinski definition) is 2. The standard InChI is InChI=1S/C12H19N3O2S/c1-7(2)10-14-12(18-15-10)13-9-5-3-8(4-6-9)11(16)17/h7-9H,3-6H2,1-2H3,(H,16,17)(H,13,14,15). The van der Waals surface area contributed by atoms with Gasteiger partial charge in [0, 0.05) is 23.5 Å². The first-order valence-electron chi connectivity index (χ1n) is 6.39. The van der Waals surface area contributed by atoms with Gasteiger partial charge < -0.3 is 10.4 Å². The van der Waals surface area contributed by atoms with E-state index in [2.05, 4.69) is 28.5 Å². The van der Waals surface area contributed by atoms with Crippen molar-refractivity contribution in [3.63, 3.8) is 0 Å². The van der Waals surface area contributed by atoms with Crippen LogP contribution in [0.4, 0.5) is 5.13 Å². The summed E-state index contributed by atoms with van der Waals surface area (Å²) in [6.07, 6.45) is 3.30. The van der Waals surface area contributed by atoms with Gasteiger partial charge in [0.25, 0.3) is 0 Å². The molecule has 0 spiro atoms. The zero-order valence-electron chi connectivity index (χ0n) is 10.7. The molecule has 0 aliphatic heterocycles. The van der Waals surface area contributed by atoms with E-state index in [1.807, 2.05) is 0 Å². The molecule has 0 saturated heterocycles. The lowest BCUT2D eigenvalue weighted by Crippen LogP contribution is -2.29. The fourth-order valence-corrected chi connectivity index (χ4v) is 2.97. The van der Waals surface area contributed by atoms with Crippen LogP contribution in [0, 0.1) is 5.92 Å². The molecule has 100 valence electrons. The van der Waals surface area contributed by atoms with Crippen LogP contribution in [0.3, 0.4) is 0 Å². The van der Waals surface area contributed by atoms with Gasteiger partial charge in [-0.15, -0.1) is 0 Å². The Kier molecular flexibility index (Phi) is 4.16. The van der Waals surface area contributed by atoms with Crippen molar-refractivity contribution in [3.8, 4) is 0 Å². The molecule has 18 heavy (non-hydrogen) atoms. The lowest BCUT2D eigenvalue weighted by molar-refractivity contribution is -0.142. The third-order valence-corrected chi connectivity index (χ3v) is 4.02. The van der Waals surface area contributed by atoms with Gasteiger partial charge in [0.2, 0.25) is 5.13 Å². The Morgan fingerprint density at radius 3 is 2.56 bits per heavy atom. The molecule has 0 atom stereocenters. The minimum absolute atomic E-state index is 0.163. The van der Waals surface area contributed by atoms with Crippen LogP contribution >= 0.6 is 11.5 Å². The van der Waals surface area contributed by atoms with Gasteiger partial charge in [-0.3, -0.25) is 4.79 Å². The van der Waals surface area contributed by atoms with E-state index in [1.54, 1.807) is 0 Å². The molecule has 0 aromatic carbocycles. The molecular formula is C12H19N3O2S. The second-order valence-corrected chi connectivity index (χ2v) is 5.90. The maximum Gasteiger partial charge on any atom is 0.306 e. The van der Waals surface area contributed by atoms with Crippen molar-refractivity contribution in [1.29, 1.82) is 0 Å². The van der Waals surface area contributed by atoms with E-state index in [0.29, 0.717) is 12.0 Å². The van der Waals surface area contributed by atoms with Crippen molar-refractivity contribution < 1.29 is 9.90 Å². The number of nitrogens with one attached hydrogen (secondary N) is 1. The Morgan fingerprint density at radius 1 is 1.39 bits per heavy atom. The van der Waals surface area contributed by atoms with Crippen molar-refractivity contribution >= 4 is 22.6 Å². The molecule has 1 heterocycles. The summed E-state index contributed by atoms with van der Waals surface area (Å²) in [5, 5.41) is 13.2. The maximum absolute atomic E-state index is 10.9. The molecule has 1 aliphatic rings. The number of hydrogen-bond acceptors (Lipinski definition) is 5. The number of carboxylic acid groups (broad SMARTS) is 1. The molecule has 0 radical (unpaired) electrons. The number of carbonyl (C=O) groups is 1. The Labute approximate surface area is 111 Å². The van der Waals surface area contributed by atoms with Crippen LogP contribution in [-0.4, -0.2) is 26.5 Å². The Bertz CT molecular complexity index is 411. The number of nitrogens with zero attached hydrogens (tertiary/aromatic N) is 2. The summed E-state index contributed by atoms with van der Waals surface area (Å²) in [6, 6.07) is 0.341. The smallest absolute Gasteiger partial charge is 0.306 e. The van der Waals surface area contributed by atoms with E-state index < -0.39 is 5.97 Å². The molecule has 6 heteroatoms. The zero-order chi connectivity index (χ0) is 13.1. The van der Waals surface area contributed by atoms with E-state index in [1.165, 1.54) is 11.5 Å². The molecule has 5 nitrogen and oxygen atoms in total. The molecule has 1 aliphatic carbocycles. The highest BCUT2D eigenvalue weighted by Crippen LogP contribution is 2.27. The average Bonchev–Trinajstić information content (AvgIpc) is 2.78. The first-order chi connectivity index (χ1) is 8.56. The highest BCUT2D eigenvalue weighted by Gasteiger charge is 2.26. The Balaban J connectivity index is 1.85. The monoisotopic (exact) mass is 269 g/mol. The van der Waals surface area contributed by atoms with Gasteiger partial charge in [-0.05, 0) is 25.7 Å². The largest absolute Gasteiger partial charge is 0.481 e. The van der Waals surface area contributed by atoms with Crippen molar-refractivity contribution in [2.75, 3.05) is 5.32 Å². The lowest BCUT2D eigenvalue weighted by atomic mass is 9.86. The molecular weight excluding hydrogens is 250 g/mol. The zero-order valence-corrected chi connectivity index (χ0v) is 11.5. The van der Waals surface area contributed by atoms with Gasteiger partial charge in [-0.1, -0.05) is 13.8 Å². The quantitative estimate of drug-likeness (QED) is 0.879. The minimum atomic E-state index is -0.661. The third-order valence-electron chi connectivity index (χ3n) is 3.36. The number of anilines is 1. The van der Waals surface area contributed by atoms with Crippen molar-refractivity contribution in [3.05, 3.63) is 5.82 Å². The summed E-state index contributed by atoms with van der Waals surface area (Å²) in [7, 11) is 0. The highest BCUT2D eigenvalue weighted by atomic mass is 32.1. The topological polar surface area (TPSA) is 75.1 Å². The van der Waals surface area contributed by atoms with Crippen molar-refractivity contribution in [2.24, 2.45) is 5.92 Å². The molecule has 0 amide bonds. The Hall–Kier alpha value is -1.17. The highest BCUT2D eigenvalue weighted by molar-refractivity contribution is 7.09. The van der Waals surface area contributed by atoms with Crippen LogP contribution in [-0.2, 0) is 4.79 Å². The van der Waals surface area contributed by atoms with Crippen LogP contribution in [0.5, 0.6) is 0 Å². The van der Waals surface area contributed by atoms with Gasteiger partial charge in [0.1, 0.15) is 5.82 Å². The van der Waals surface area contributed by atoms with Crippen LogP contribution in [0.2, 0.25) is 0 Å². The molecule has 0 unspecified atom stereocenters. The molecule has 1 fully saturated rings. The number of aromatic nitrogens is 2. The Morgan fingerprint density at radius 2 is 2.06 bits per heavy atom. The van der Waals surface area contributed by atoms with Gasteiger partial charge in [0.05, 0.1) is 5.92 Å². The molecule has 0 bridgehead atoms. The summed E-state index contributed by atoms with van der Waals surface area (Å²) >= 11 is 1.39. The van der Waals surface area contributed by atoms with Crippen LogP contribution in [0.1, 0.15) is 51.3 Å². The third kappa shape index (κ3) is 3.19. The molecule has 1 aromatic heterocycles. The fraction of sp³-hybridized carbons (Fsp3) is 0.750. The number of rotatable bonds is 4. The normalized spacial score (nSPS) is 24.2. The van der Waals surface area contributed by atoms with Crippen LogP contribution in [0.25, 0.3) is 0 Å². The summed E-state index contributed by atoms with van der Waals surface area (Å²) in [4.78, 5) is 15.3. The second-order valence-electron chi connectivity index (χ2n) is 5.14.